The molecule has 2 N–H and O–H groups in total. The number of aryl methyl sites for hydroxylation is 2. The van der Waals surface area contributed by atoms with Gasteiger partial charge in [0.25, 0.3) is 0 Å². The van der Waals surface area contributed by atoms with Gasteiger partial charge in [-0.2, -0.15) is 5.10 Å². The van der Waals surface area contributed by atoms with Gasteiger partial charge in [-0.1, -0.05) is 18.2 Å². The fourth-order valence-corrected chi connectivity index (χ4v) is 1.89. The number of aromatic nitrogens is 2. The molecule has 0 bridgehead atoms. The summed E-state index contributed by atoms with van der Waals surface area (Å²) in [5.74, 6) is 0.339. The smallest absolute Gasteiger partial charge is 0.120 e. The average Bonchev–Trinajstić information content (AvgIpc) is 2.73. The minimum atomic E-state index is 0.339. The summed E-state index contributed by atoms with van der Waals surface area (Å²) < 4.78 is 1.94. The molecule has 4 nitrogen and oxygen atoms in total. The molecule has 0 saturated heterocycles. The van der Waals surface area contributed by atoms with Gasteiger partial charge in [0, 0.05) is 37.0 Å². The molecule has 0 aliphatic carbocycles. The first-order valence-corrected chi connectivity index (χ1v) is 6.21. The SMILES string of the molecule is CCn1cc(CNCc2ccccc2O)c(C)n1. The highest BCUT2D eigenvalue weighted by atomic mass is 16.3. The standard InChI is InChI=1S/C14H19N3O/c1-3-17-10-13(11(2)16-17)9-15-8-12-6-4-5-7-14(12)18/h4-7,10,15,18H,3,8-9H2,1-2H3. The van der Waals surface area contributed by atoms with E-state index in [4.69, 9.17) is 0 Å². The van der Waals surface area contributed by atoms with E-state index in [-0.39, 0.29) is 0 Å². The minimum absolute atomic E-state index is 0.339. The number of aromatic hydroxyl groups is 1. The Morgan fingerprint density at radius 2 is 1.94 bits per heavy atom. The predicted octanol–water partition coefficient (Wildman–Crippen LogP) is 2.21. The zero-order valence-corrected chi connectivity index (χ0v) is 10.8. The lowest BCUT2D eigenvalue weighted by Gasteiger charge is -2.05. The normalized spacial score (nSPS) is 10.8. The quantitative estimate of drug-likeness (QED) is 0.849. The van der Waals surface area contributed by atoms with Gasteiger partial charge in [-0.05, 0) is 19.9 Å². The van der Waals surface area contributed by atoms with Crippen LogP contribution in [-0.4, -0.2) is 14.9 Å². The third-order valence-electron chi connectivity index (χ3n) is 2.99. The summed E-state index contributed by atoms with van der Waals surface area (Å²) in [4.78, 5) is 0. The molecule has 2 aromatic rings. The van der Waals surface area contributed by atoms with Crippen LogP contribution in [0.3, 0.4) is 0 Å². The lowest BCUT2D eigenvalue weighted by atomic mass is 10.2. The van der Waals surface area contributed by atoms with E-state index in [0.717, 1.165) is 24.3 Å². The van der Waals surface area contributed by atoms with Gasteiger partial charge in [0.05, 0.1) is 5.69 Å². The molecule has 96 valence electrons. The topological polar surface area (TPSA) is 50.1 Å². The molecule has 0 fully saturated rings. The molecule has 2 rings (SSSR count). The summed E-state index contributed by atoms with van der Waals surface area (Å²) in [6.45, 7) is 6.40. The molecule has 0 aliphatic heterocycles. The van der Waals surface area contributed by atoms with Crippen LogP contribution in [0.1, 0.15) is 23.7 Å². The Kier molecular flexibility index (Phi) is 3.99. The molecule has 0 spiro atoms. The number of phenolic OH excluding ortho intramolecular Hbond substituents is 1. The van der Waals surface area contributed by atoms with Crippen LogP contribution in [-0.2, 0) is 19.6 Å². The highest BCUT2D eigenvalue weighted by Gasteiger charge is 2.04. The van der Waals surface area contributed by atoms with Gasteiger partial charge in [0.1, 0.15) is 5.75 Å². The van der Waals surface area contributed by atoms with E-state index in [1.54, 1.807) is 6.07 Å². The third kappa shape index (κ3) is 2.90. The maximum Gasteiger partial charge on any atom is 0.120 e. The largest absolute Gasteiger partial charge is 0.508 e. The Morgan fingerprint density at radius 1 is 1.22 bits per heavy atom. The van der Waals surface area contributed by atoms with Crippen LogP contribution < -0.4 is 5.32 Å². The minimum Gasteiger partial charge on any atom is -0.508 e. The molecule has 4 heteroatoms. The third-order valence-corrected chi connectivity index (χ3v) is 2.99. The Balaban J connectivity index is 1.92. The molecule has 1 aromatic heterocycles. The molecular formula is C14H19N3O. The number of rotatable bonds is 5. The van der Waals surface area contributed by atoms with Gasteiger partial charge in [-0.15, -0.1) is 0 Å². The van der Waals surface area contributed by atoms with Crippen molar-refractivity contribution in [2.45, 2.75) is 33.5 Å². The molecule has 0 aliphatic rings. The second-order valence-electron chi connectivity index (χ2n) is 4.33. The van der Waals surface area contributed by atoms with Crippen LogP contribution in [0.25, 0.3) is 0 Å². The highest BCUT2D eigenvalue weighted by molar-refractivity contribution is 5.31. The Morgan fingerprint density at radius 3 is 2.61 bits per heavy atom. The first-order valence-electron chi connectivity index (χ1n) is 6.21. The van der Waals surface area contributed by atoms with Crippen LogP contribution in [0, 0.1) is 6.92 Å². The summed E-state index contributed by atoms with van der Waals surface area (Å²) in [6.07, 6.45) is 2.06. The molecule has 18 heavy (non-hydrogen) atoms. The van der Waals surface area contributed by atoms with Crippen molar-refractivity contribution in [2.75, 3.05) is 0 Å². The molecule has 0 unspecified atom stereocenters. The number of para-hydroxylation sites is 1. The maximum atomic E-state index is 9.65. The van der Waals surface area contributed by atoms with Crippen molar-refractivity contribution in [1.29, 1.82) is 0 Å². The van der Waals surface area contributed by atoms with Crippen molar-refractivity contribution >= 4 is 0 Å². The van der Waals surface area contributed by atoms with E-state index in [9.17, 15) is 5.11 Å². The summed E-state index contributed by atoms with van der Waals surface area (Å²) >= 11 is 0. The van der Waals surface area contributed by atoms with E-state index >= 15 is 0 Å². The Hall–Kier alpha value is -1.81. The van der Waals surface area contributed by atoms with Crippen LogP contribution in [0.2, 0.25) is 0 Å². The number of nitrogens with one attached hydrogen (secondary N) is 1. The fraction of sp³-hybridized carbons (Fsp3) is 0.357. The zero-order valence-electron chi connectivity index (χ0n) is 10.8. The Labute approximate surface area is 107 Å². The monoisotopic (exact) mass is 245 g/mol. The van der Waals surface area contributed by atoms with Crippen LogP contribution in [0.15, 0.2) is 30.5 Å². The summed E-state index contributed by atoms with van der Waals surface area (Å²) in [7, 11) is 0. The molecule has 0 saturated carbocycles. The molecule has 1 heterocycles. The van der Waals surface area contributed by atoms with E-state index in [1.807, 2.05) is 29.8 Å². The summed E-state index contributed by atoms with van der Waals surface area (Å²) in [5.41, 5.74) is 3.17. The fourth-order valence-electron chi connectivity index (χ4n) is 1.89. The van der Waals surface area contributed by atoms with Gasteiger partial charge in [0.2, 0.25) is 0 Å². The predicted molar refractivity (Wildman–Crippen MR) is 71.3 cm³/mol. The lowest BCUT2D eigenvalue weighted by molar-refractivity contribution is 0.464. The second-order valence-corrected chi connectivity index (χ2v) is 4.33. The van der Waals surface area contributed by atoms with E-state index in [1.165, 1.54) is 5.56 Å². The van der Waals surface area contributed by atoms with Crippen LogP contribution in [0.4, 0.5) is 0 Å². The van der Waals surface area contributed by atoms with Gasteiger partial charge >= 0.3 is 0 Å². The van der Waals surface area contributed by atoms with E-state index in [2.05, 4.69) is 23.5 Å². The van der Waals surface area contributed by atoms with Crippen molar-refractivity contribution in [2.24, 2.45) is 0 Å². The van der Waals surface area contributed by atoms with E-state index in [0.29, 0.717) is 12.3 Å². The van der Waals surface area contributed by atoms with Gasteiger partial charge in [0.15, 0.2) is 0 Å². The first-order chi connectivity index (χ1) is 8.70. The van der Waals surface area contributed by atoms with Crippen molar-refractivity contribution in [1.82, 2.24) is 15.1 Å². The lowest BCUT2D eigenvalue weighted by Crippen LogP contribution is -2.13. The molecule has 0 atom stereocenters. The van der Waals surface area contributed by atoms with Gasteiger partial charge in [-0.3, -0.25) is 4.68 Å². The summed E-state index contributed by atoms with van der Waals surface area (Å²) in [6, 6.07) is 7.38. The zero-order chi connectivity index (χ0) is 13.0. The molecule has 1 aromatic carbocycles. The number of hydrogen-bond donors (Lipinski definition) is 2. The second kappa shape index (κ2) is 5.69. The maximum absolute atomic E-state index is 9.65. The number of benzene rings is 1. The van der Waals surface area contributed by atoms with E-state index < -0.39 is 0 Å². The van der Waals surface area contributed by atoms with Crippen molar-refractivity contribution in [3.05, 3.63) is 47.3 Å². The average molecular weight is 245 g/mol. The van der Waals surface area contributed by atoms with Crippen LogP contribution >= 0.6 is 0 Å². The van der Waals surface area contributed by atoms with Crippen molar-refractivity contribution in [3.63, 3.8) is 0 Å². The van der Waals surface area contributed by atoms with Crippen LogP contribution in [0.5, 0.6) is 5.75 Å². The molecule has 0 amide bonds. The first kappa shape index (κ1) is 12.6. The number of hydrogen-bond acceptors (Lipinski definition) is 3. The van der Waals surface area contributed by atoms with Gasteiger partial charge in [-0.25, -0.2) is 0 Å². The summed E-state index contributed by atoms with van der Waals surface area (Å²) in [5, 5.41) is 17.4. The Bertz CT molecular complexity index is 520. The molecule has 0 radical (unpaired) electrons. The van der Waals surface area contributed by atoms with Crippen molar-refractivity contribution < 1.29 is 5.11 Å². The number of nitrogens with zero attached hydrogens (tertiary/aromatic N) is 2. The molecular weight excluding hydrogens is 226 g/mol. The highest BCUT2D eigenvalue weighted by Crippen LogP contribution is 2.15. The number of phenols is 1. The van der Waals surface area contributed by atoms with Crippen molar-refractivity contribution in [3.8, 4) is 5.75 Å². The van der Waals surface area contributed by atoms with Gasteiger partial charge < -0.3 is 10.4 Å².